The molecule has 0 saturated heterocycles. The average Bonchev–Trinajstić information content (AvgIpc) is 2.27. The highest BCUT2D eigenvalue weighted by atomic mass is 19.2. The van der Waals surface area contributed by atoms with Crippen LogP contribution in [-0.2, 0) is 0 Å². The van der Waals surface area contributed by atoms with Gasteiger partial charge in [-0.1, -0.05) is 36.8 Å². The maximum Gasteiger partial charge on any atom is 0.287 e. The van der Waals surface area contributed by atoms with E-state index in [2.05, 4.69) is 0 Å². The molecular formula is C14H15FO. The van der Waals surface area contributed by atoms with Crippen LogP contribution in [0.25, 0.3) is 0 Å². The molecule has 1 aliphatic carbocycles. The number of rotatable bonds is 2. The Bertz CT molecular complexity index is 403. The summed E-state index contributed by atoms with van der Waals surface area (Å²) in [6.07, 6.45) is 6.51. The number of halogens is 1. The number of hydrogen-bond acceptors (Lipinski definition) is 1. The molecule has 16 heavy (non-hydrogen) atoms. The smallest absolute Gasteiger partial charge is 0.287 e. The number of alkyl halides is 1. The van der Waals surface area contributed by atoms with E-state index in [4.69, 9.17) is 4.74 Å². The summed E-state index contributed by atoms with van der Waals surface area (Å²) < 4.78 is 19.4. The molecule has 0 aromatic heterocycles. The van der Waals surface area contributed by atoms with Crippen molar-refractivity contribution in [1.29, 1.82) is 0 Å². The fourth-order valence-corrected chi connectivity index (χ4v) is 1.54. The van der Waals surface area contributed by atoms with Gasteiger partial charge in [-0.25, -0.2) is 0 Å². The van der Waals surface area contributed by atoms with Crippen molar-refractivity contribution in [3.8, 4) is 5.75 Å². The van der Waals surface area contributed by atoms with Crippen LogP contribution in [0.4, 0.5) is 4.39 Å². The second kappa shape index (κ2) is 4.12. The molecule has 2 heteroatoms. The molecule has 0 saturated carbocycles. The van der Waals surface area contributed by atoms with Gasteiger partial charge in [-0.15, -0.1) is 0 Å². The number of ether oxygens (including phenoxy) is 1. The Hall–Kier alpha value is -1.57. The fraction of sp³-hybridized carbons (Fsp3) is 0.286. The maximum absolute atomic E-state index is 14.1. The van der Waals surface area contributed by atoms with Crippen molar-refractivity contribution in [2.45, 2.75) is 19.7 Å². The van der Waals surface area contributed by atoms with Gasteiger partial charge in [0.05, 0.1) is 0 Å². The van der Waals surface area contributed by atoms with Crippen molar-refractivity contribution in [1.82, 2.24) is 0 Å². The molecule has 1 aromatic carbocycles. The Morgan fingerprint density at radius 2 is 1.69 bits per heavy atom. The first-order valence-electron chi connectivity index (χ1n) is 5.41. The number of hydrogen-bond donors (Lipinski definition) is 0. The first-order chi connectivity index (χ1) is 7.57. The van der Waals surface area contributed by atoms with E-state index in [0.29, 0.717) is 5.75 Å². The average molecular weight is 218 g/mol. The van der Waals surface area contributed by atoms with Gasteiger partial charge in [0.2, 0.25) is 0 Å². The SMILES string of the molecule is Cc1ccc(OC2(F)C=CC(C)C=C2)cc1. The van der Waals surface area contributed by atoms with Gasteiger partial charge in [-0.05, 0) is 37.1 Å². The first-order valence-corrected chi connectivity index (χ1v) is 5.41. The zero-order chi connectivity index (χ0) is 11.6. The topological polar surface area (TPSA) is 9.23 Å². The lowest BCUT2D eigenvalue weighted by molar-refractivity contribution is 0.0306. The largest absolute Gasteiger partial charge is 0.451 e. The molecule has 1 aliphatic rings. The summed E-state index contributed by atoms with van der Waals surface area (Å²) in [7, 11) is 0. The molecule has 1 aromatic rings. The Kier molecular flexibility index (Phi) is 2.82. The molecule has 0 heterocycles. The van der Waals surface area contributed by atoms with Gasteiger partial charge in [0, 0.05) is 0 Å². The van der Waals surface area contributed by atoms with Gasteiger partial charge >= 0.3 is 0 Å². The molecule has 1 nitrogen and oxygen atoms in total. The van der Waals surface area contributed by atoms with E-state index < -0.39 is 5.85 Å². The second-order valence-corrected chi connectivity index (χ2v) is 4.19. The van der Waals surface area contributed by atoms with Gasteiger partial charge in [-0.3, -0.25) is 0 Å². The third-order valence-corrected chi connectivity index (χ3v) is 2.55. The fourth-order valence-electron chi connectivity index (χ4n) is 1.54. The van der Waals surface area contributed by atoms with Crippen LogP contribution in [0.2, 0.25) is 0 Å². The third kappa shape index (κ3) is 2.51. The molecule has 0 aliphatic heterocycles. The molecule has 0 radical (unpaired) electrons. The van der Waals surface area contributed by atoms with Gasteiger partial charge in [0.15, 0.2) is 0 Å². The summed E-state index contributed by atoms with van der Waals surface area (Å²) in [5.41, 5.74) is 1.13. The predicted molar refractivity (Wildman–Crippen MR) is 63.1 cm³/mol. The summed E-state index contributed by atoms with van der Waals surface area (Å²) >= 11 is 0. The lowest BCUT2D eigenvalue weighted by Crippen LogP contribution is -2.27. The minimum Gasteiger partial charge on any atom is -0.451 e. The van der Waals surface area contributed by atoms with Crippen molar-refractivity contribution < 1.29 is 9.13 Å². The maximum atomic E-state index is 14.1. The van der Waals surface area contributed by atoms with Gasteiger partial charge < -0.3 is 4.74 Å². The van der Waals surface area contributed by atoms with Crippen molar-refractivity contribution in [3.63, 3.8) is 0 Å². The molecular weight excluding hydrogens is 203 g/mol. The number of allylic oxidation sites excluding steroid dienone is 2. The molecule has 0 unspecified atom stereocenters. The monoisotopic (exact) mass is 218 g/mol. The summed E-state index contributed by atoms with van der Waals surface area (Å²) in [5, 5.41) is 0. The minimum absolute atomic E-state index is 0.269. The number of aryl methyl sites for hydroxylation is 1. The first kappa shape index (κ1) is 10.9. The highest BCUT2D eigenvalue weighted by Gasteiger charge is 2.27. The summed E-state index contributed by atoms with van der Waals surface area (Å²) in [5.74, 6) is -0.996. The molecule has 0 spiro atoms. The van der Waals surface area contributed by atoms with E-state index >= 15 is 0 Å². The molecule has 0 N–H and O–H groups in total. The summed E-state index contributed by atoms with van der Waals surface area (Å²) in [4.78, 5) is 0. The normalized spacial score (nSPS) is 28.1. The van der Waals surface area contributed by atoms with Crippen LogP contribution in [0.3, 0.4) is 0 Å². The number of benzene rings is 1. The molecule has 0 atom stereocenters. The molecule has 0 fully saturated rings. The van der Waals surface area contributed by atoms with Gasteiger partial charge in [0.25, 0.3) is 5.85 Å². The standard InChI is InChI=1S/C14H15FO/c1-11-3-5-13(6-4-11)16-14(15)9-7-12(2)8-10-14/h3-10,12H,1-2H3. The van der Waals surface area contributed by atoms with E-state index in [-0.39, 0.29) is 5.92 Å². The Morgan fingerprint density at radius 1 is 1.12 bits per heavy atom. The Morgan fingerprint density at radius 3 is 2.25 bits per heavy atom. The highest BCUT2D eigenvalue weighted by molar-refractivity contribution is 5.29. The van der Waals surface area contributed by atoms with Gasteiger partial charge in [-0.2, -0.15) is 4.39 Å². The van der Waals surface area contributed by atoms with Crippen LogP contribution in [-0.4, -0.2) is 5.85 Å². The van der Waals surface area contributed by atoms with Crippen LogP contribution in [0.5, 0.6) is 5.75 Å². The minimum atomic E-state index is -1.80. The van der Waals surface area contributed by atoms with Gasteiger partial charge in [0.1, 0.15) is 5.75 Å². The third-order valence-electron chi connectivity index (χ3n) is 2.55. The van der Waals surface area contributed by atoms with Crippen LogP contribution in [0.1, 0.15) is 12.5 Å². The zero-order valence-electron chi connectivity index (χ0n) is 9.48. The highest BCUT2D eigenvalue weighted by Crippen LogP contribution is 2.27. The van der Waals surface area contributed by atoms with E-state index in [1.165, 1.54) is 12.2 Å². The van der Waals surface area contributed by atoms with Crippen molar-refractivity contribution >= 4 is 0 Å². The molecule has 0 bridgehead atoms. The molecule has 84 valence electrons. The summed E-state index contributed by atoms with van der Waals surface area (Å²) in [6.45, 7) is 3.98. The van der Waals surface area contributed by atoms with E-state index in [0.717, 1.165) is 5.56 Å². The lowest BCUT2D eigenvalue weighted by Gasteiger charge is -2.23. The van der Waals surface area contributed by atoms with E-state index in [1.807, 2.05) is 26.0 Å². The predicted octanol–water partition coefficient (Wildman–Crippen LogP) is 3.80. The van der Waals surface area contributed by atoms with Crippen LogP contribution in [0.15, 0.2) is 48.6 Å². The van der Waals surface area contributed by atoms with E-state index in [1.54, 1.807) is 24.3 Å². The van der Waals surface area contributed by atoms with Crippen molar-refractivity contribution in [3.05, 3.63) is 54.1 Å². The lowest BCUT2D eigenvalue weighted by atomic mass is 10.0. The summed E-state index contributed by atoms with van der Waals surface area (Å²) in [6, 6.07) is 7.35. The van der Waals surface area contributed by atoms with E-state index in [9.17, 15) is 4.39 Å². The van der Waals surface area contributed by atoms with Crippen molar-refractivity contribution in [2.24, 2.45) is 5.92 Å². The van der Waals surface area contributed by atoms with Crippen LogP contribution >= 0.6 is 0 Å². The molecule has 2 rings (SSSR count). The second-order valence-electron chi connectivity index (χ2n) is 4.19. The zero-order valence-corrected chi connectivity index (χ0v) is 9.48. The van der Waals surface area contributed by atoms with Crippen molar-refractivity contribution in [2.75, 3.05) is 0 Å². The van der Waals surface area contributed by atoms with Crippen LogP contribution < -0.4 is 4.74 Å². The molecule has 0 amide bonds. The quantitative estimate of drug-likeness (QED) is 0.686. The Balaban J connectivity index is 2.13. The van der Waals surface area contributed by atoms with Crippen LogP contribution in [0, 0.1) is 12.8 Å². The Labute approximate surface area is 95.2 Å².